The monoisotopic (exact) mass is 247 g/mol. The van der Waals surface area contributed by atoms with Gasteiger partial charge in [0.25, 0.3) is 5.91 Å². The van der Waals surface area contributed by atoms with Crippen LogP contribution in [0, 0.1) is 5.92 Å². The highest BCUT2D eigenvalue weighted by Crippen LogP contribution is 2.05. The van der Waals surface area contributed by atoms with Gasteiger partial charge in [0.15, 0.2) is 0 Å². The van der Waals surface area contributed by atoms with Gasteiger partial charge in [0, 0.05) is 18.9 Å². The summed E-state index contributed by atoms with van der Waals surface area (Å²) in [4.78, 5) is 16.0. The number of aliphatic hydroxyl groups is 1. The Kier molecular flexibility index (Phi) is 3.62. The number of fused-ring (bicyclic) bond motifs is 1. The molecule has 2 aromatic heterocycles. The second-order valence-electron chi connectivity index (χ2n) is 4.61. The molecule has 1 atom stereocenters. The molecule has 5 heteroatoms. The Hall–Kier alpha value is -1.88. The molecular weight excluding hydrogens is 230 g/mol. The van der Waals surface area contributed by atoms with Crippen LogP contribution < -0.4 is 5.32 Å². The molecule has 18 heavy (non-hydrogen) atoms. The maximum Gasteiger partial charge on any atom is 0.271 e. The van der Waals surface area contributed by atoms with Gasteiger partial charge in [0.2, 0.25) is 0 Å². The number of nitrogens with one attached hydrogen (secondary N) is 1. The number of carbonyl (C=O) groups excluding carboxylic acids is 1. The van der Waals surface area contributed by atoms with E-state index in [1.807, 2.05) is 38.2 Å². The van der Waals surface area contributed by atoms with Crippen molar-refractivity contribution in [1.29, 1.82) is 0 Å². The largest absolute Gasteiger partial charge is 0.391 e. The number of pyridine rings is 1. The lowest BCUT2D eigenvalue weighted by Gasteiger charge is -2.14. The van der Waals surface area contributed by atoms with Crippen LogP contribution >= 0.6 is 0 Å². The van der Waals surface area contributed by atoms with Gasteiger partial charge in [-0.1, -0.05) is 19.9 Å². The number of nitrogens with zero attached hydrogens (tertiary/aromatic N) is 2. The summed E-state index contributed by atoms with van der Waals surface area (Å²) < 4.78 is 1.79. The van der Waals surface area contributed by atoms with Crippen molar-refractivity contribution in [2.45, 2.75) is 20.0 Å². The number of hydrogen-bond acceptors (Lipinski definition) is 3. The van der Waals surface area contributed by atoms with Gasteiger partial charge < -0.3 is 14.8 Å². The van der Waals surface area contributed by atoms with Gasteiger partial charge in [-0.05, 0) is 18.1 Å². The molecule has 0 aromatic carbocycles. The predicted molar refractivity (Wildman–Crippen MR) is 68.4 cm³/mol. The normalized spacial score (nSPS) is 12.9. The molecule has 2 N–H and O–H groups in total. The third kappa shape index (κ3) is 2.68. The quantitative estimate of drug-likeness (QED) is 0.849. The fourth-order valence-corrected chi connectivity index (χ4v) is 1.57. The first-order valence-corrected chi connectivity index (χ1v) is 5.98. The van der Waals surface area contributed by atoms with E-state index in [0.717, 1.165) is 5.65 Å². The second kappa shape index (κ2) is 5.18. The lowest BCUT2D eigenvalue weighted by Crippen LogP contribution is -2.34. The van der Waals surface area contributed by atoms with Crippen LogP contribution in [-0.4, -0.2) is 33.0 Å². The molecule has 0 aliphatic carbocycles. The molecule has 1 unspecified atom stereocenters. The average Bonchev–Trinajstić information content (AvgIpc) is 2.79. The van der Waals surface area contributed by atoms with E-state index >= 15 is 0 Å². The lowest BCUT2D eigenvalue weighted by molar-refractivity contribution is 0.0867. The molecule has 0 fully saturated rings. The highest BCUT2D eigenvalue weighted by molar-refractivity contribution is 5.92. The summed E-state index contributed by atoms with van der Waals surface area (Å²) in [6, 6.07) is 5.57. The summed E-state index contributed by atoms with van der Waals surface area (Å²) in [5, 5.41) is 12.3. The SMILES string of the molecule is CC(C)C(O)CNC(=O)c1cn2ccccc2n1. The molecule has 0 aliphatic heterocycles. The lowest BCUT2D eigenvalue weighted by atomic mass is 10.1. The molecule has 0 aliphatic rings. The maximum absolute atomic E-state index is 11.8. The Labute approximate surface area is 105 Å². The van der Waals surface area contributed by atoms with E-state index in [1.54, 1.807) is 10.6 Å². The van der Waals surface area contributed by atoms with Crippen LogP contribution in [0.1, 0.15) is 24.3 Å². The molecule has 2 aromatic rings. The van der Waals surface area contributed by atoms with E-state index in [-0.39, 0.29) is 18.4 Å². The van der Waals surface area contributed by atoms with Crippen LogP contribution in [0.4, 0.5) is 0 Å². The molecule has 2 rings (SSSR count). The Morgan fingerprint density at radius 2 is 2.28 bits per heavy atom. The molecule has 96 valence electrons. The van der Waals surface area contributed by atoms with E-state index in [0.29, 0.717) is 5.69 Å². The maximum atomic E-state index is 11.8. The Morgan fingerprint density at radius 3 is 2.94 bits per heavy atom. The number of carbonyl (C=O) groups is 1. The molecule has 1 amide bonds. The first-order valence-electron chi connectivity index (χ1n) is 5.98. The van der Waals surface area contributed by atoms with Gasteiger partial charge in [0.05, 0.1) is 6.10 Å². The third-order valence-corrected chi connectivity index (χ3v) is 2.84. The zero-order valence-corrected chi connectivity index (χ0v) is 10.5. The van der Waals surface area contributed by atoms with Gasteiger partial charge in [0.1, 0.15) is 11.3 Å². The zero-order valence-electron chi connectivity index (χ0n) is 10.5. The fraction of sp³-hybridized carbons (Fsp3) is 0.385. The van der Waals surface area contributed by atoms with Gasteiger partial charge >= 0.3 is 0 Å². The van der Waals surface area contributed by atoms with Crippen molar-refractivity contribution >= 4 is 11.6 Å². The summed E-state index contributed by atoms with van der Waals surface area (Å²) >= 11 is 0. The van der Waals surface area contributed by atoms with Crippen LogP contribution in [0.15, 0.2) is 30.6 Å². The number of amides is 1. The topological polar surface area (TPSA) is 66.6 Å². The Morgan fingerprint density at radius 1 is 1.50 bits per heavy atom. The molecule has 5 nitrogen and oxygen atoms in total. The number of imidazole rings is 1. The summed E-state index contributed by atoms with van der Waals surface area (Å²) in [5.41, 5.74) is 1.09. The number of aliphatic hydroxyl groups excluding tert-OH is 1. The fourth-order valence-electron chi connectivity index (χ4n) is 1.57. The van der Waals surface area contributed by atoms with E-state index in [9.17, 15) is 9.90 Å². The van der Waals surface area contributed by atoms with Crippen molar-refractivity contribution in [1.82, 2.24) is 14.7 Å². The Bertz CT molecular complexity index is 515. The van der Waals surface area contributed by atoms with Crippen LogP contribution in [0.5, 0.6) is 0 Å². The molecule has 0 radical (unpaired) electrons. The molecule has 0 saturated carbocycles. The molecular formula is C13H17N3O2. The highest BCUT2D eigenvalue weighted by Gasteiger charge is 2.14. The summed E-state index contributed by atoms with van der Waals surface area (Å²) in [7, 11) is 0. The van der Waals surface area contributed by atoms with Crippen molar-refractivity contribution in [3.8, 4) is 0 Å². The van der Waals surface area contributed by atoms with Crippen LogP contribution in [-0.2, 0) is 0 Å². The molecule has 0 saturated heterocycles. The van der Waals surface area contributed by atoms with Crippen LogP contribution in [0.2, 0.25) is 0 Å². The van der Waals surface area contributed by atoms with E-state index in [4.69, 9.17) is 0 Å². The van der Waals surface area contributed by atoms with Crippen molar-refractivity contribution in [3.05, 3.63) is 36.3 Å². The molecule has 0 bridgehead atoms. The smallest absolute Gasteiger partial charge is 0.271 e. The number of aromatic nitrogens is 2. The third-order valence-electron chi connectivity index (χ3n) is 2.84. The molecule has 0 spiro atoms. The minimum atomic E-state index is -0.536. The highest BCUT2D eigenvalue weighted by atomic mass is 16.3. The van der Waals surface area contributed by atoms with E-state index in [2.05, 4.69) is 10.3 Å². The number of rotatable bonds is 4. The second-order valence-corrected chi connectivity index (χ2v) is 4.61. The van der Waals surface area contributed by atoms with Gasteiger partial charge in [-0.3, -0.25) is 4.79 Å². The Balaban J connectivity index is 2.05. The first-order chi connectivity index (χ1) is 8.58. The standard InChI is InChI=1S/C13H17N3O2/c1-9(2)11(17)7-14-13(18)10-8-16-6-4-3-5-12(16)15-10/h3-6,8-9,11,17H,7H2,1-2H3,(H,14,18). The van der Waals surface area contributed by atoms with Crippen LogP contribution in [0.25, 0.3) is 5.65 Å². The predicted octanol–water partition coefficient (Wildman–Crippen LogP) is 1.08. The van der Waals surface area contributed by atoms with Gasteiger partial charge in [-0.2, -0.15) is 0 Å². The van der Waals surface area contributed by atoms with Crippen molar-refractivity contribution in [2.24, 2.45) is 5.92 Å². The van der Waals surface area contributed by atoms with E-state index < -0.39 is 6.10 Å². The summed E-state index contributed by atoms with van der Waals surface area (Å²) in [5.74, 6) is -0.148. The molecule has 2 heterocycles. The van der Waals surface area contributed by atoms with Gasteiger partial charge in [-0.15, -0.1) is 0 Å². The minimum Gasteiger partial charge on any atom is -0.391 e. The number of hydrogen-bond donors (Lipinski definition) is 2. The zero-order chi connectivity index (χ0) is 13.1. The van der Waals surface area contributed by atoms with Gasteiger partial charge in [-0.25, -0.2) is 4.98 Å². The minimum absolute atomic E-state index is 0.117. The van der Waals surface area contributed by atoms with Crippen molar-refractivity contribution in [3.63, 3.8) is 0 Å². The summed E-state index contributed by atoms with van der Waals surface area (Å²) in [6.07, 6.45) is 2.97. The van der Waals surface area contributed by atoms with Crippen LogP contribution in [0.3, 0.4) is 0 Å². The van der Waals surface area contributed by atoms with Crippen molar-refractivity contribution < 1.29 is 9.90 Å². The summed E-state index contributed by atoms with van der Waals surface area (Å²) in [6.45, 7) is 4.05. The average molecular weight is 247 g/mol. The first kappa shape index (κ1) is 12.6. The van der Waals surface area contributed by atoms with E-state index in [1.165, 1.54) is 0 Å². The van der Waals surface area contributed by atoms with Crippen molar-refractivity contribution in [2.75, 3.05) is 6.54 Å².